The lowest BCUT2D eigenvalue weighted by Crippen LogP contribution is -2.99. The number of amides is 3. The average Bonchev–Trinajstić information content (AvgIpc) is 3.44. The van der Waals surface area contributed by atoms with Gasteiger partial charge in [0.15, 0.2) is 0 Å². The van der Waals surface area contributed by atoms with Gasteiger partial charge >= 0.3 is 0 Å². The summed E-state index contributed by atoms with van der Waals surface area (Å²) in [6, 6.07) is 5.85. The smallest absolute Gasteiger partial charge is 0.291 e. The number of hydrogen-bond donors (Lipinski definition) is 2. The van der Waals surface area contributed by atoms with E-state index in [1.165, 1.54) is 0 Å². The van der Waals surface area contributed by atoms with Gasteiger partial charge in [-0.15, -0.1) is 0 Å². The summed E-state index contributed by atoms with van der Waals surface area (Å²) in [5, 5.41) is 5.11. The summed E-state index contributed by atoms with van der Waals surface area (Å²) in [5.74, 6) is -0.414. The monoisotopic (exact) mass is 414 g/mol. The van der Waals surface area contributed by atoms with E-state index in [9.17, 15) is 14.4 Å². The third kappa shape index (κ3) is 2.49. The number of hydrogen-bond acceptors (Lipinski definition) is 4. The van der Waals surface area contributed by atoms with E-state index in [4.69, 9.17) is 0 Å². The largest absolute Gasteiger partial charge is 0.326 e. The van der Waals surface area contributed by atoms with Gasteiger partial charge in [-0.25, -0.2) is 0 Å². The molecule has 7 heteroatoms. The van der Waals surface area contributed by atoms with Crippen molar-refractivity contribution in [3.63, 3.8) is 0 Å². The second-order valence-corrected chi connectivity index (χ2v) is 9.91. The van der Waals surface area contributed by atoms with Crippen molar-refractivity contribution in [2.75, 3.05) is 17.3 Å². The Balaban J connectivity index is 1.63. The van der Waals surface area contributed by atoms with Gasteiger partial charge in [0.1, 0.15) is 17.9 Å². The van der Waals surface area contributed by atoms with E-state index in [2.05, 4.69) is 16.9 Å². The first-order valence-corrected chi connectivity index (χ1v) is 12.0. The summed E-state index contributed by atoms with van der Waals surface area (Å²) in [4.78, 5) is 42.2. The van der Waals surface area contributed by atoms with Crippen molar-refractivity contribution in [1.82, 2.24) is 4.90 Å². The van der Waals surface area contributed by atoms with Gasteiger partial charge in [0, 0.05) is 18.0 Å². The molecule has 4 atom stereocenters. The van der Waals surface area contributed by atoms with E-state index in [-0.39, 0.29) is 29.8 Å². The third-order valence-electron chi connectivity index (χ3n) is 7.49. The fraction of sp³-hybridized carbons (Fsp3) is 0.591. The lowest BCUT2D eigenvalue weighted by molar-refractivity contribution is -0.733. The average molecular weight is 415 g/mol. The number of carbonyl (C=O) groups is 3. The summed E-state index contributed by atoms with van der Waals surface area (Å²) in [7, 11) is 0. The van der Waals surface area contributed by atoms with Gasteiger partial charge in [-0.1, -0.05) is 31.0 Å². The Morgan fingerprint density at radius 1 is 1.21 bits per heavy atom. The molecule has 0 unspecified atom stereocenters. The molecule has 3 aliphatic heterocycles. The maximum atomic E-state index is 13.7. The van der Waals surface area contributed by atoms with Crippen molar-refractivity contribution in [3.8, 4) is 0 Å². The highest BCUT2D eigenvalue weighted by Crippen LogP contribution is 2.51. The number of nitrogens with two attached hydrogens (primary N) is 1. The lowest BCUT2D eigenvalue weighted by atomic mass is 9.76. The van der Waals surface area contributed by atoms with E-state index < -0.39 is 17.4 Å². The molecule has 154 valence electrons. The van der Waals surface area contributed by atoms with Crippen molar-refractivity contribution in [2.24, 2.45) is 11.8 Å². The molecule has 1 aromatic carbocycles. The van der Waals surface area contributed by atoms with Crippen LogP contribution in [0.15, 0.2) is 18.2 Å². The number of anilines is 1. The second kappa shape index (κ2) is 6.84. The predicted octanol–water partition coefficient (Wildman–Crippen LogP) is 1.38. The van der Waals surface area contributed by atoms with Crippen LogP contribution in [0, 0.1) is 18.8 Å². The zero-order valence-electron chi connectivity index (χ0n) is 16.9. The van der Waals surface area contributed by atoms with Crippen LogP contribution in [0.1, 0.15) is 43.2 Å². The van der Waals surface area contributed by atoms with E-state index in [1.54, 1.807) is 16.7 Å². The Bertz CT molecular complexity index is 897. The van der Waals surface area contributed by atoms with Crippen molar-refractivity contribution in [1.29, 1.82) is 0 Å². The van der Waals surface area contributed by atoms with Crippen LogP contribution in [-0.2, 0) is 19.9 Å². The van der Waals surface area contributed by atoms with Crippen molar-refractivity contribution in [2.45, 2.75) is 56.7 Å². The fourth-order valence-electron chi connectivity index (χ4n) is 6.20. The first-order chi connectivity index (χ1) is 14.0. The quantitative estimate of drug-likeness (QED) is 0.730. The van der Waals surface area contributed by atoms with Crippen molar-refractivity contribution >= 4 is 35.2 Å². The molecule has 1 saturated carbocycles. The third-order valence-corrected chi connectivity index (χ3v) is 8.14. The number of aryl methyl sites for hydroxylation is 1. The Hall–Kier alpha value is -1.86. The van der Waals surface area contributed by atoms with Crippen LogP contribution >= 0.6 is 11.8 Å². The van der Waals surface area contributed by atoms with Gasteiger partial charge in [-0.05, 0) is 37.3 Å². The zero-order valence-corrected chi connectivity index (χ0v) is 17.8. The minimum atomic E-state index is -1.02. The van der Waals surface area contributed by atoms with Crippen LogP contribution in [0.3, 0.4) is 0 Å². The Kier molecular flexibility index (Phi) is 4.51. The molecule has 29 heavy (non-hydrogen) atoms. The van der Waals surface area contributed by atoms with Crippen molar-refractivity contribution in [3.05, 3.63) is 29.3 Å². The predicted molar refractivity (Wildman–Crippen MR) is 111 cm³/mol. The minimum absolute atomic E-state index is 0.0142. The molecule has 5 rings (SSSR count). The molecule has 0 aromatic heterocycles. The van der Waals surface area contributed by atoms with Crippen LogP contribution in [-0.4, -0.2) is 46.7 Å². The fourth-order valence-corrected chi connectivity index (χ4v) is 6.71. The number of para-hydroxylation sites is 1. The number of thioether (sulfide) groups is 1. The standard InChI is InChI=1S/C22H27N3O3S/c1-12-6-5-9-14-18(12)23-21(28)22(14)17-16(15(24-22)10-11-29-2)19(26)25(20(17)27)13-7-3-4-8-13/h5-6,9,13,15-17,24H,3-4,7-8,10-11H2,1-2H3,(H,23,28)/p+1/t15-,16-,17+,22+/m1/s1. The van der Waals surface area contributed by atoms with Crippen LogP contribution in [0.25, 0.3) is 0 Å². The lowest BCUT2D eigenvalue weighted by Gasteiger charge is -2.28. The van der Waals surface area contributed by atoms with Crippen LogP contribution in [0.2, 0.25) is 0 Å². The summed E-state index contributed by atoms with van der Waals surface area (Å²) >= 11 is 1.74. The second-order valence-electron chi connectivity index (χ2n) is 8.92. The molecule has 0 bridgehead atoms. The molecule has 2 saturated heterocycles. The number of likely N-dealkylation sites (tertiary alicyclic amines) is 1. The van der Waals surface area contributed by atoms with Crippen LogP contribution < -0.4 is 10.6 Å². The first kappa shape index (κ1) is 19.1. The number of carbonyl (C=O) groups excluding carboxylic acids is 3. The van der Waals surface area contributed by atoms with Gasteiger partial charge in [-0.3, -0.25) is 19.3 Å². The van der Waals surface area contributed by atoms with E-state index in [0.717, 1.165) is 54.7 Å². The number of imide groups is 1. The summed E-state index contributed by atoms with van der Waals surface area (Å²) in [6.07, 6.45) is 6.78. The molecular formula is C22H28N3O3S+. The normalized spacial score (nSPS) is 33.7. The summed E-state index contributed by atoms with van der Waals surface area (Å²) in [5.41, 5.74) is 1.67. The number of quaternary nitrogens is 1. The molecule has 1 spiro atoms. The molecule has 3 N–H and O–H groups in total. The van der Waals surface area contributed by atoms with Gasteiger partial charge in [0.05, 0.1) is 5.69 Å². The molecular weight excluding hydrogens is 386 g/mol. The van der Waals surface area contributed by atoms with E-state index in [1.807, 2.05) is 25.1 Å². The number of benzene rings is 1. The van der Waals surface area contributed by atoms with Crippen LogP contribution in [0.4, 0.5) is 5.69 Å². The number of nitrogens with one attached hydrogen (secondary N) is 1. The van der Waals surface area contributed by atoms with Gasteiger partial charge in [0.2, 0.25) is 17.4 Å². The Morgan fingerprint density at radius 3 is 2.69 bits per heavy atom. The molecule has 6 nitrogen and oxygen atoms in total. The van der Waals surface area contributed by atoms with Crippen molar-refractivity contribution < 1.29 is 19.7 Å². The Labute approximate surface area is 175 Å². The highest BCUT2D eigenvalue weighted by atomic mass is 32.2. The Morgan fingerprint density at radius 2 is 1.97 bits per heavy atom. The highest BCUT2D eigenvalue weighted by molar-refractivity contribution is 7.98. The summed E-state index contributed by atoms with van der Waals surface area (Å²) < 4.78 is 0. The molecule has 0 radical (unpaired) electrons. The number of nitrogens with zero attached hydrogens (tertiary/aromatic N) is 1. The molecule has 3 heterocycles. The summed E-state index contributed by atoms with van der Waals surface area (Å²) in [6.45, 7) is 1.97. The minimum Gasteiger partial charge on any atom is -0.326 e. The van der Waals surface area contributed by atoms with Gasteiger partial charge in [-0.2, -0.15) is 11.8 Å². The molecule has 1 aliphatic carbocycles. The van der Waals surface area contributed by atoms with E-state index in [0.29, 0.717) is 0 Å². The molecule has 1 aromatic rings. The SMILES string of the molecule is CSCC[C@H]1[NH2+][C@]2(C(=O)Nc3c(C)cccc32)[C@@H]2C(=O)N(C3CCCC3)C(=O)[C@@H]21. The molecule has 3 amide bonds. The maximum absolute atomic E-state index is 13.7. The maximum Gasteiger partial charge on any atom is 0.291 e. The number of fused-ring (bicyclic) bond motifs is 4. The van der Waals surface area contributed by atoms with E-state index >= 15 is 0 Å². The molecule has 3 fully saturated rings. The highest BCUT2D eigenvalue weighted by Gasteiger charge is 2.74. The molecule has 4 aliphatic rings. The topological polar surface area (TPSA) is 83.1 Å². The number of rotatable bonds is 4. The van der Waals surface area contributed by atoms with Gasteiger partial charge in [0.25, 0.3) is 5.91 Å². The first-order valence-electron chi connectivity index (χ1n) is 10.6. The van der Waals surface area contributed by atoms with Crippen LogP contribution in [0.5, 0.6) is 0 Å². The van der Waals surface area contributed by atoms with Gasteiger partial charge < -0.3 is 10.6 Å². The zero-order chi connectivity index (χ0) is 20.3.